The maximum atomic E-state index is 12.1. The van der Waals surface area contributed by atoms with Gasteiger partial charge in [0.1, 0.15) is 0 Å². The molecule has 2 heterocycles. The molecular weight excluding hydrogens is 348 g/mol. The van der Waals surface area contributed by atoms with E-state index in [1.807, 2.05) is 25.1 Å². The topological polar surface area (TPSA) is 42.0 Å². The lowest BCUT2D eigenvalue weighted by Crippen LogP contribution is -2.26. The van der Waals surface area contributed by atoms with Gasteiger partial charge in [0.2, 0.25) is 5.91 Å². The molecule has 1 atom stereocenters. The monoisotopic (exact) mass is 370 g/mol. The summed E-state index contributed by atoms with van der Waals surface area (Å²) in [5.74, 6) is 0.353. The predicted octanol–water partition coefficient (Wildman–Crippen LogP) is 5.03. The molecule has 0 saturated heterocycles. The van der Waals surface area contributed by atoms with E-state index in [9.17, 15) is 4.79 Å². The first-order valence-corrected chi connectivity index (χ1v) is 10.1. The van der Waals surface area contributed by atoms with Crippen molar-refractivity contribution in [3.05, 3.63) is 63.3 Å². The molecule has 3 aromatic rings. The molecule has 0 radical (unpaired) electrons. The summed E-state index contributed by atoms with van der Waals surface area (Å²) >= 11 is 3.43. The lowest BCUT2D eigenvalue weighted by atomic mass is 9.97. The van der Waals surface area contributed by atoms with Crippen LogP contribution in [0, 0.1) is 6.92 Å². The zero-order valence-corrected chi connectivity index (χ0v) is 16.1. The van der Waals surface area contributed by atoms with E-state index in [0.29, 0.717) is 13.0 Å². The minimum Gasteiger partial charge on any atom is -0.356 e. The average Bonchev–Trinajstić information content (AvgIpc) is 3.24. The first kappa shape index (κ1) is 17.8. The molecule has 3 rings (SSSR count). The van der Waals surface area contributed by atoms with E-state index in [1.165, 1.54) is 15.3 Å². The van der Waals surface area contributed by atoms with Gasteiger partial charge in [-0.05, 0) is 37.0 Å². The number of hydrogen-bond donors (Lipinski definition) is 1. The Bertz CT molecular complexity index is 823. The molecule has 0 fully saturated rings. The summed E-state index contributed by atoms with van der Waals surface area (Å²) in [6.07, 6.45) is 1.39. The van der Waals surface area contributed by atoms with Crippen molar-refractivity contribution in [3.8, 4) is 10.6 Å². The second-order valence-corrected chi connectivity index (χ2v) is 8.36. The van der Waals surface area contributed by atoms with Crippen LogP contribution in [0.2, 0.25) is 0 Å². The van der Waals surface area contributed by atoms with Crippen molar-refractivity contribution in [1.29, 1.82) is 0 Å². The van der Waals surface area contributed by atoms with Gasteiger partial charge in [0.15, 0.2) is 0 Å². The molecule has 25 heavy (non-hydrogen) atoms. The van der Waals surface area contributed by atoms with Crippen LogP contribution >= 0.6 is 22.7 Å². The maximum Gasteiger partial charge on any atom is 0.220 e. The number of carbonyl (C=O) groups excluding carboxylic acids is 1. The Balaban J connectivity index is 1.45. The average molecular weight is 371 g/mol. The molecule has 3 nitrogen and oxygen atoms in total. The van der Waals surface area contributed by atoms with Crippen LogP contribution in [0.3, 0.4) is 0 Å². The van der Waals surface area contributed by atoms with E-state index in [-0.39, 0.29) is 11.8 Å². The van der Waals surface area contributed by atoms with Gasteiger partial charge in [-0.3, -0.25) is 4.79 Å². The van der Waals surface area contributed by atoms with Gasteiger partial charge < -0.3 is 5.32 Å². The van der Waals surface area contributed by atoms with Crippen molar-refractivity contribution < 1.29 is 4.79 Å². The Morgan fingerprint density at radius 2 is 2.00 bits per heavy atom. The van der Waals surface area contributed by atoms with Gasteiger partial charge in [-0.15, -0.1) is 22.7 Å². The number of hydrogen-bond acceptors (Lipinski definition) is 4. The Kier molecular flexibility index (Phi) is 6.00. The minimum atomic E-state index is 0.114. The second-order valence-electron chi connectivity index (χ2n) is 6.13. The van der Waals surface area contributed by atoms with Crippen LogP contribution in [-0.4, -0.2) is 17.4 Å². The first-order chi connectivity index (χ1) is 12.1. The fraction of sp³-hybridized carbons (Fsp3) is 0.300. The summed E-state index contributed by atoms with van der Waals surface area (Å²) < 4.78 is 0. The third-order valence-electron chi connectivity index (χ3n) is 4.09. The van der Waals surface area contributed by atoms with E-state index in [4.69, 9.17) is 0 Å². The van der Waals surface area contributed by atoms with Crippen LogP contribution in [0.4, 0.5) is 0 Å². The normalized spacial score (nSPS) is 12.1. The molecule has 0 spiro atoms. The van der Waals surface area contributed by atoms with Crippen molar-refractivity contribution in [3.63, 3.8) is 0 Å². The Labute approximate surface area is 156 Å². The van der Waals surface area contributed by atoms with Crippen LogP contribution in [0.15, 0.2) is 47.8 Å². The number of nitrogens with one attached hydrogen (secondary N) is 1. The van der Waals surface area contributed by atoms with Gasteiger partial charge in [-0.25, -0.2) is 4.98 Å². The third-order valence-corrected chi connectivity index (χ3v) is 6.03. The molecule has 1 unspecified atom stereocenters. The molecule has 0 aliphatic heterocycles. The Morgan fingerprint density at radius 3 is 2.72 bits per heavy atom. The summed E-state index contributed by atoms with van der Waals surface area (Å²) in [7, 11) is 0. The van der Waals surface area contributed by atoms with E-state index in [0.717, 1.165) is 17.1 Å². The van der Waals surface area contributed by atoms with Crippen molar-refractivity contribution in [1.82, 2.24) is 10.3 Å². The lowest BCUT2D eigenvalue weighted by Gasteiger charge is -2.11. The summed E-state index contributed by atoms with van der Waals surface area (Å²) in [6.45, 7) is 4.79. The fourth-order valence-corrected chi connectivity index (χ4v) is 4.36. The Hall–Kier alpha value is -1.98. The zero-order chi connectivity index (χ0) is 17.6. The van der Waals surface area contributed by atoms with Crippen molar-refractivity contribution in [2.45, 2.75) is 32.6 Å². The summed E-state index contributed by atoms with van der Waals surface area (Å²) in [4.78, 5) is 19.1. The SMILES string of the molecule is Cc1nc(-c2ccc(CCNC(=O)CC(C)c3ccccc3)s2)cs1. The number of thiophene rings is 1. The van der Waals surface area contributed by atoms with E-state index < -0.39 is 0 Å². The largest absolute Gasteiger partial charge is 0.356 e. The number of rotatable bonds is 7. The number of aryl methyl sites for hydroxylation is 1. The van der Waals surface area contributed by atoms with Crippen LogP contribution in [0.5, 0.6) is 0 Å². The molecular formula is C20H22N2OS2. The van der Waals surface area contributed by atoms with Gasteiger partial charge in [0.25, 0.3) is 0 Å². The molecule has 1 aromatic carbocycles. The fourth-order valence-electron chi connectivity index (χ4n) is 2.70. The second kappa shape index (κ2) is 8.41. The molecule has 1 amide bonds. The predicted molar refractivity (Wildman–Crippen MR) is 106 cm³/mol. The summed E-state index contributed by atoms with van der Waals surface area (Å²) in [5, 5.41) is 6.22. The maximum absolute atomic E-state index is 12.1. The molecule has 0 bridgehead atoms. The molecule has 0 aliphatic carbocycles. The molecule has 5 heteroatoms. The van der Waals surface area contributed by atoms with Crippen LogP contribution < -0.4 is 5.32 Å². The van der Waals surface area contributed by atoms with Crippen molar-refractivity contribution in [2.75, 3.05) is 6.54 Å². The van der Waals surface area contributed by atoms with Crippen molar-refractivity contribution >= 4 is 28.6 Å². The van der Waals surface area contributed by atoms with E-state index >= 15 is 0 Å². The van der Waals surface area contributed by atoms with E-state index in [2.05, 4.69) is 46.9 Å². The van der Waals surface area contributed by atoms with Gasteiger partial charge in [-0.1, -0.05) is 37.3 Å². The van der Waals surface area contributed by atoms with Gasteiger partial charge in [0, 0.05) is 23.2 Å². The number of benzene rings is 1. The standard InChI is InChI=1S/C20H22N2OS2/c1-14(16-6-4-3-5-7-16)12-20(23)21-11-10-17-8-9-19(25-17)18-13-24-15(2)22-18/h3-9,13-14H,10-12H2,1-2H3,(H,21,23). The number of nitrogens with zero attached hydrogens (tertiary/aromatic N) is 1. The molecule has 1 N–H and O–H groups in total. The van der Waals surface area contributed by atoms with Crippen LogP contribution in [0.25, 0.3) is 10.6 Å². The lowest BCUT2D eigenvalue weighted by molar-refractivity contribution is -0.121. The quantitative estimate of drug-likeness (QED) is 0.633. The van der Waals surface area contributed by atoms with Crippen LogP contribution in [-0.2, 0) is 11.2 Å². The minimum absolute atomic E-state index is 0.114. The zero-order valence-electron chi connectivity index (χ0n) is 14.5. The smallest absolute Gasteiger partial charge is 0.220 e. The Morgan fingerprint density at radius 1 is 1.20 bits per heavy atom. The van der Waals surface area contributed by atoms with Gasteiger partial charge >= 0.3 is 0 Å². The molecule has 0 aliphatic rings. The number of amides is 1. The molecule has 0 saturated carbocycles. The molecule has 130 valence electrons. The highest BCUT2D eigenvalue weighted by molar-refractivity contribution is 7.16. The number of aromatic nitrogens is 1. The van der Waals surface area contributed by atoms with Crippen molar-refractivity contribution in [2.24, 2.45) is 0 Å². The summed E-state index contributed by atoms with van der Waals surface area (Å²) in [6, 6.07) is 14.4. The van der Waals surface area contributed by atoms with E-state index in [1.54, 1.807) is 22.7 Å². The number of carbonyl (C=O) groups is 1. The van der Waals surface area contributed by atoms with Crippen LogP contribution in [0.1, 0.15) is 34.7 Å². The highest BCUT2D eigenvalue weighted by atomic mass is 32.1. The highest BCUT2D eigenvalue weighted by Gasteiger charge is 2.11. The first-order valence-electron chi connectivity index (χ1n) is 8.44. The van der Waals surface area contributed by atoms with Gasteiger partial charge in [0.05, 0.1) is 15.6 Å². The van der Waals surface area contributed by atoms with Gasteiger partial charge in [-0.2, -0.15) is 0 Å². The third kappa shape index (κ3) is 5.00. The molecule has 2 aromatic heterocycles. The number of thiazole rings is 1. The highest BCUT2D eigenvalue weighted by Crippen LogP contribution is 2.29. The summed E-state index contributed by atoms with van der Waals surface area (Å²) in [5.41, 5.74) is 2.26.